The van der Waals surface area contributed by atoms with Crippen LogP contribution in [0.25, 0.3) is 0 Å². The molecule has 1 saturated heterocycles. The van der Waals surface area contributed by atoms with Gasteiger partial charge in [-0.3, -0.25) is 4.79 Å². The van der Waals surface area contributed by atoms with E-state index in [1.807, 2.05) is 6.92 Å². The molecule has 1 unspecified atom stereocenters. The minimum absolute atomic E-state index is 0.0996. The molecule has 1 N–H and O–H groups in total. The summed E-state index contributed by atoms with van der Waals surface area (Å²) in [5.74, 6) is 0.594. The van der Waals surface area contributed by atoms with Crippen LogP contribution in [0.15, 0.2) is 6.33 Å². The second kappa shape index (κ2) is 9.61. The van der Waals surface area contributed by atoms with Gasteiger partial charge in [0.25, 0.3) is 5.91 Å². The standard InChI is InChI=1S/C22H34N4O5S/c1-14(2)32(28,29)25-18-5-4-10-26-19(18)11-30-17-8-6-16(7-9-17)21-15(3)23-13-24-22(21)31-12-20(26)27/h13-14,16-19,25H,4-12H2,1-3H3/t16?,17?,18?,19-/m0/s1. The van der Waals surface area contributed by atoms with Crippen LogP contribution in [0.4, 0.5) is 0 Å². The molecule has 0 aromatic carbocycles. The van der Waals surface area contributed by atoms with Gasteiger partial charge in [-0.2, -0.15) is 0 Å². The molecule has 2 atom stereocenters. The molecule has 2 bridgehead atoms. The van der Waals surface area contributed by atoms with E-state index in [0.717, 1.165) is 43.4 Å². The number of hydrogen-bond donors (Lipinski definition) is 1. The molecular formula is C22H34N4O5S. The number of nitrogens with one attached hydrogen (secondary N) is 1. The Hall–Kier alpha value is -1.78. The van der Waals surface area contributed by atoms with E-state index in [2.05, 4.69) is 14.7 Å². The lowest BCUT2D eigenvalue weighted by atomic mass is 9.82. The van der Waals surface area contributed by atoms with E-state index < -0.39 is 15.3 Å². The van der Waals surface area contributed by atoms with E-state index in [0.29, 0.717) is 25.5 Å². The third-order valence-corrected chi connectivity index (χ3v) is 8.87. The smallest absolute Gasteiger partial charge is 0.260 e. The number of carbonyl (C=O) groups is 1. The molecule has 3 aliphatic heterocycles. The summed E-state index contributed by atoms with van der Waals surface area (Å²) in [5, 5.41) is -0.540. The van der Waals surface area contributed by atoms with Crippen molar-refractivity contribution in [3.63, 3.8) is 0 Å². The number of fused-ring (bicyclic) bond motifs is 5. The summed E-state index contributed by atoms with van der Waals surface area (Å²) < 4.78 is 40.2. The van der Waals surface area contributed by atoms with E-state index in [9.17, 15) is 13.2 Å². The Morgan fingerprint density at radius 1 is 1.16 bits per heavy atom. The van der Waals surface area contributed by atoms with E-state index in [1.54, 1.807) is 18.7 Å². The molecule has 9 nitrogen and oxygen atoms in total. The Balaban J connectivity index is 1.62. The first-order valence-electron chi connectivity index (χ1n) is 11.6. The molecule has 1 aliphatic carbocycles. The number of ether oxygens (including phenoxy) is 2. The molecule has 10 heteroatoms. The molecule has 178 valence electrons. The zero-order valence-electron chi connectivity index (χ0n) is 19.1. The number of aryl methyl sites for hydroxylation is 1. The van der Waals surface area contributed by atoms with Crippen LogP contribution >= 0.6 is 0 Å². The number of nitrogens with zero attached hydrogens (tertiary/aromatic N) is 3. The van der Waals surface area contributed by atoms with Gasteiger partial charge in [-0.25, -0.2) is 23.1 Å². The van der Waals surface area contributed by atoms with Gasteiger partial charge in [0.05, 0.1) is 24.0 Å². The number of rotatable bonds is 3. The van der Waals surface area contributed by atoms with Crippen LogP contribution in [-0.4, -0.2) is 72.4 Å². The average molecular weight is 467 g/mol. The second-order valence-electron chi connectivity index (χ2n) is 9.39. The SMILES string of the molecule is Cc1ncnc2c1C1CCC(CC1)OC[C@H]1C(NS(=O)(=O)C(C)C)CCCN1C(=O)CO2. The molecule has 32 heavy (non-hydrogen) atoms. The molecule has 2 fully saturated rings. The number of carbonyl (C=O) groups excluding carboxylic acids is 1. The van der Waals surface area contributed by atoms with Crippen molar-refractivity contribution in [3.05, 3.63) is 17.6 Å². The topological polar surface area (TPSA) is 111 Å². The fraction of sp³-hybridized carbons (Fsp3) is 0.773. The van der Waals surface area contributed by atoms with Gasteiger partial charge in [-0.05, 0) is 65.2 Å². The summed E-state index contributed by atoms with van der Waals surface area (Å²) >= 11 is 0. The fourth-order valence-electron chi connectivity index (χ4n) is 5.07. The highest BCUT2D eigenvalue weighted by molar-refractivity contribution is 7.90. The molecule has 1 amide bonds. The van der Waals surface area contributed by atoms with E-state index in [1.165, 1.54) is 6.33 Å². The Morgan fingerprint density at radius 2 is 1.91 bits per heavy atom. The van der Waals surface area contributed by atoms with Gasteiger partial charge in [0.15, 0.2) is 6.61 Å². The molecule has 1 aromatic rings. The van der Waals surface area contributed by atoms with Crippen LogP contribution in [0, 0.1) is 6.92 Å². The maximum Gasteiger partial charge on any atom is 0.260 e. The minimum Gasteiger partial charge on any atom is -0.467 e. The largest absolute Gasteiger partial charge is 0.467 e. The van der Waals surface area contributed by atoms with Gasteiger partial charge in [-0.15, -0.1) is 0 Å². The number of hydrogen-bond acceptors (Lipinski definition) is 7. The highest BCUT2D eigenvalue weighted by Crippen LogP contribution is 2.39. The maximum absolute atomic E-state index is 13.2. The van der Waals surface area contributed by atoms with Gasteiger partial charge in [0, 0.05) is 23.8 Å². The predicted molar refractivity (Wildman–Crippen MR) is 119 cm³/mol. The first-order chi connectivity index (χ1) is 15.3. The number of sulfonamides is 1. The van der Waals surface area contributed by atoms with Crippen molar-refractivity contribution in [2.75, 3.05) is 19.8 Å². The van der Waals surface area contributed by atoms with Crippen molar-refractivity contribution in [1.82, 2.24) is 19.6 Å². The number of piperidine rings is 1. The Labute approximate surface area is 190 Å². The van der Waals surface area contributed by atoms with E-state index in [4.69, 9.17) is 9.47 Å². The molecule has 0 radical (unpaired) electrons. The molecule has 0 spiro atoms. The highest BCUT2D eigenvalue weighted by Gasteiger charge is 2.39. The Morgan fingerprint density at radius 3 is 2.62 bits per heavy atom. The van der Waals surface area contributed by atoms with Crippen LogP contribution in [-0.2, 0) is 19.6 Å². The fourth-order valence-corrected chi connectivity index (χ4v) is 6.04. The molecule has 4 aliphatic rings. The Bertz CT molecular complexity index is 930. The quantitative estimate of drug-likeness (QED) is 0.724. The van der Waals surface area contributed by atoms with Gasteiger partial charge < -0.3 is 14.4 Å². The van der Waals surface area contributed by atoms with Crippen LogP contribution in [0.2, 0.25) is 0 Å². The first kappa shape index (κ1) is 23.4. The molecule has 5 rings (SSSR count). The first-order valence-corrected chi connectivity index (χ1v) is 13.2. The summed E-state index contributed by atoms with van der Waals surface area (Å²) in [6, 6.07) is -0.739. The van der Waals surface area contributed by atoms with Crippen molar-refractivity contribution in [3.8, 4) is 5.88 Å². The molecule has 4 heterocycles. The van der Waals surface area contributed by atoms with Crippen LogP contribution in [0.3, 0.4) is 0 Å². The molecular weight excluding hydrogens is 432 g/mol. The second-order valence-corrected chi connectivity index (χ2v) is 11.7. The summed E-state index contributed by atoms with van der Waals surface area (Å²) in [6.07, 6.45) is 6.67. The predicted octanol–water partition coefficient (Wildman–Crippen LogP) is 1.91. The summed E-state index contributed by atoms with van der Waals surface area (Å²) in [5.41, 5.74) is 1.89. The lowest BCUT2D eigenvalue weighted by molar-refractivity contribution is -0.140. The van der Waals surface area contributed by atoms with Crippen LogP contribution < -0.4 is 9.46 Å². The normalized spacial score (nSPS) is 29.4. The average Bonchev–Trinajstić information content (AvgIpc) is 2.77. The Kier molecular flexibility index (Phi) is 7.02. The van der Waals surface area contributed by atoms with Crippen molar-refractivity contribution >= 4 is 15.9 Å². The zero-order valence-corrected chi connectivity index (χ0v) is 19.9. The van der Waals surface area contributed by atoms with Crippen LogP contribution in [0.5, 0.6) is 5.88 Å². The minimum atomic E-state index is -3.47. The van der Waals surface area contributed by atoms with E-state index in [-0.39, 0.29) is 36.6 Å². The summed E-state index contributed by atoms with van der Waals surface area (Å²) in [7, 11) is -3.47. The van der Waals surface area contributed by atoms with Gasteiger partial charge in [0.2, 0.25) is 15.9 Å². The molecule has 1 saturated carbocycles. The lowest BCUT2D eigenvalue weighted by Gasteiger charge is -2.42. The van der Waals surface area contributed by atoms with Crippen molar-refractivity contribution < 1.29 is 22.7 Å². The summed E-state index contributed by atoms with van der Waals surface area (Å²) in [6.45, 7) is 6.00. The molecule has 1 aromatic heterocycles. The van der Waals surface area contributed by atoms with Crippen LogP contribution in [0.1, 0.15) is 69.5 Å². The van der Waals surface area contributed by atoms with Gasteiger partial charge in [0.1, 0.15) is 6.33 Å². The van der Waals surface area contributed by atoms with Crippen molar-refractivity contribution in [1.29, 1.82) is 0 Å². The van der Waals surface area contributed by atoms with Crippen molar-refractivity contribution in [2.24, 2.45) is 0 Å². The third kappa shape index (κ3) is 4.92. The highest BCUT2D eigenvalue weighted by atomic mass is 32.2. The zero-order chi connectivity index (χ0) is 22.9. The van der Waals surface area contributed by atoms with E-state index >= 15 is 0 Å². The van der Waals surface area contributed by atoms with Gasteiger partial charge in [-0.1, -0.05) is 0 Å². The summed E-state index contributed by atoms with van der Waals surface area (Å²) in [4.78, 5) is 23.6. The van der Waals surface area contributed by atoms with Crippen molar-refractivity contribution in [2.45, 2.75) is 88.7 Å². The maximum atomic E-state index is 13.2. The number of aromatic nitrogens is 2. The number of amides is 1. The lowest BCUT2D eigenvalue weighted by Crippen LogP contribution is -2.60. The van der Waals surface area contributed by atoms with Gasteiger partial charge >= 0.3 is 0 Å². The third-order valence-electron chi connectivity index (χ3n) is 7.00. The monoisotopic (exact) mass is 466 g/mol.